The van der Waals surface area contributed by atoms with Crippen molar-refractivity contribution in [3.8, 4) is 0 Å². The van der Waals surface area contributed by atoms with Gasteiger partial charge in [-0.15, -0.1) is 0 Å². The Kier molecular flexibility index (Phi) is 6.00. The number of nitrogens with zero attached hydrogens (tertiary/aromatic N) is 2. The maximum Gasteiger partial charge on any atom is 0.224 e. The molecule has 0 bridgehead atoms. The molecule has 1 aliphatic rings. The van der Waals surface area contributed by atoms with Crippen molar-refractivity contribution >= 4 is 16.8 Å². The lowest BCUT2D eigenvalue weighted by atomic mass is 10.0. The van der Waals surface area contributed by atoms with Gasteiger partial charge in [-0.05, 0) is 60.4 Å². The number of hydrogen-bond donors (Lipinski definition) is 1. The van der Waals surface area contributed by atoms with Gasteiger partial charge in [0.05, 0.1) is 6.42 Å². The van der Waals surface area contributed by atoms with E-state index in [9.17, 15) is 4.79 Å². The standard InChI is InChI=1S/C25H31N3O/c1-19-5-3-4-6-21(19)9-13-27-14-11-23(12-15-27)28-16-10-22-8-7-20(17-24(22)28)18-25(29)26-2/h3-8,10,16-17,23H,9,11-15,18H2,1-2H3,(H,26,29). The smallest absolute Gasteiger partial charge is 0.224 e. The number of likely N-dealkylation sites (tertiary alicyclic amines) is 1. The summed E-state index contributed by atoms with van der Waals surface area (Å²) in [4.78, 5) is 14.3. The number of benzene rings is 2. The van der Waals surface area contributed by atoms with Crippen molar-refractivity contribution in [3.63, 3.8) is 0 Å². The van der Waals surface area contributed by atoms with Crippen LogP contribution >= 0.6 is 0 Å². The maximum absolute atomic E-state index is 11.7. The van der Waals surface area contributed by atoms with Gasteiger partial charge in [0, 0.05) is 44.4 Å². The van der Waals surface area contributed by atoms with Gasteiger partial charge in [0.2, 0.25) is 5.91 Å². The van der Waals surface area contributed by atoms with E-state index >= 15 is 0 Å². The monoisotopic (exact) mass is 389 g/mol. The Hall–Kier alpha value is -2.59. The van der Waals surface area contributed by atoms with E-state index in [-0.39, 0.29) is 5.91 Å². The second-order valence-electron chi connectivity index (χ2n) is 8.22. The fraction of sp³-hybridized carbons (Fsp3) is 0.400. The predicted molar refractivity (Wildman–Crippen MR) is 119 cm³/mol. The van der Waals surface area contributed by atoms with Crippen molar-refractivity contribution in [2.75, 3.05) is 26.7 Å². The van der Waals surface area contributed by atoms with E-state index in [4.69, 9.17) is 0 Å². The number of fused-ring (bicyclic) bond motifs is 1. The molecule has 3 aromatic rings. The number of hydrogen-bond acceptors (Lipinski definition) is 2. The quantitative estimate of drug-likeness (QED) is 0.689. The summed E-state index contributed by atoms with van der Waals surface area (Å²) in [6.07, 6.45) is 6.15. The summed E-state index contributed by atoms with van der Waals surface area (Å²) in [5.41, 5.74) is 5.20. The molecule has 0 radical (unpaired) electrons. The SMILES string of the molecule is CNC(=O)Cc1ccc2ccn(C3CCN(CCc4ccccc4C)CC3)c2c1. The highest BCUT2D eigenvalue weighted by Gasteiger charge is 2.21. The fourth-order valence-corrected chi connectivity index (χ4v) is 4.49. The fourth-order valence-electron chi connectivity index (χ4n) is 4.49. The summed E-state index contributed by atoms with van der Waals surface area (Å²) in [6, 6.07) is 17.9. The summed E-state index contributed by atoms with van der Waals surface area (Å²) < 4.78 is 2.43. The molecule has 0 spiro atoms. The van der Waals surface area contributed by atoms with Crippen LogP contribution in [0.5, 0.6) is 0 Å². The van der Waals surface area contributed by atoms with E-state index in [1.54, 1.807) is 7.05 Å². The van der Waals surface area contributed by atoms with Crippen molar-refractivity contribution in [2.24, 2.45) is 0 Å². The molecule has 0 aliphatic carbocycles. The molecule has 2 heterocycles. The lowest BCUT2D eigenvalue weighted by Crippen LogP contribution is -2.35. The molecule has 0 atom stereocenters. The summed E-state index contributed by atoms with van der Waals surface area (Å²) in [6.45, 7) is 5.64. The van der Waals surface area contributed by atoms with Crippen LogP contribution in [0.15, 0.2) is 54.7 Å². The normalized spacial score (nSPS) is 15.7. The number of rotatable bonds is 6. The zero-order chi connectivity index (χ0) is 20.2. The molecule has 1 aromatic heterocycles. The molecule has 4 heteroatoms. The molecule has 4 nitrogen and oxygen atoms in total. The summed E-state index contributed by atoms with van der Waals surface area (Å²) in [5, 5.41) is 3.97. The van der Waals surface area contributed by atoms with E-state index in [2.05, 4.69) is 76.4 Å². The molecule has 29 heavy (non-hydrogen) atoms. The maximum atomic E-state index is 11.7. The number of carbonyl (C=O) groups is 1. The van der Waals surface area contributed by atoms with Crippen LogP contribution in [0, 0.1) is 6.92 Å². The first-order valence-electron chi connectivity index (χ1n) is 10.7. The molecular weight excluding hydrogens is 358 g/mol. The molecular formula is C25H31N3O. The van der Waals surface area contributed by atoms with Crippen LogP contribution in [-0.2, 0) is 17.6 Å². The summed E-state index contributed by atoms with van der Waals surface area (Å²) in [7, 11) is 1.69. The van der Waals surface area contributed by atoms with Gasteiger partial charge >= 0.3 is 0 Å². The lowest BCUT2D eigenvalue weighted by molar-refractivity contribution is -0.119. The topological polar surface area (TPSA) is 37.3 Å². The zero-order valence-electron chi connectivity index (χ0n) is 17.5. The zero-order valence-corrected chi connectivity index (χ0v) is 17.5. The third kappa shape index (κ3) is 4.54. The lowest BCUT2D eigenvalue weighted by Gasteiger charge is -2.33. The van der Waals surface area contributed by atoms with Crippen molar-refractivity contribution in [3.05, 3.63) is 71.4 Å². The van der Waals surface area contributed by atoms with Crippen LogP contribution in [0.2, 0.25) is 0 Å². The Morgan fingerprint density at radius 1 is 1.10 bits per heavy atom. The first-order valence-corrected chi connectivity index (χ1v) is 10.7. The van der Waals surface area contributed by atoms with Gasteiger partial charge in [0.25, 0.3) is 0 Å². The van der Waals surface area contributed by atoms with E-state index in [1.165, 1.54) is 34.9 Å². The summed E-state index contributed by atoms with van der Waals surface area (Å²) >= 11 is 0. The Bertz CT molecular complexity index is 983. The van der Waals surface area contributed by atoms with Gasteiger partial charge in [-0.2, -0.15) is 0 Å². The van der Waals surface area contributed by atoms with Gasteiger partial charge in [-0.25, -0.2) is 0 Å². The number of aromatic nitrogens is 1. The van der Waals surface area contributed by atoms with Crippen molar-refractivity contribution < 1.29 is 4.79 Å². The molecule has 4 rings (SSSR count). The van der Waals surface area contributed by atoms with E-state index in [1.807, 2.05) is 0 Å². The molecule has 1 fully saturated rings. The number of likely N-dealkylation sites (N-methyl/N-ethyl adjacent to an activating group) is 1. The first-order chi connectivity index (χ1) is 14.1. The van der Waals surface area contributed by atoms with Gasteiger partial charge < -0.3 is 14.8 Å². The molecule has 1 amide bonds. The van der Waals surface area contributed by atoms with Gasteiger partial charge in [0.15, 0.2) is 0 Å². The molecule has 152 valence electrons. The van der Waals surface area contributed by atoms with Crippen LogP contribution in [0.3, 0.4) is 0 Å². The van der Waals surface area contributed by atoms with Crippen molar-refractivity contribution in [1.29, 1.82) is 0 Å². The summed E-state index contributed by atoms with van der Waals surface area (Å²) in [5.74, 6) is 0.0596. The third-order valence-electron chi connectivity index (χ3n) is 6.34. The van der Waals surface area contributed by atoms with E-state index in [0.717, 1.165) is 31.6 Å². The number of nitrogens with one attached hydrogen (secondary N) is 1. The van der Waals surface area contributed by atoms with E-state index < -0.39 is 0 Å². The Morgan fingerprint density at radius 3 is 2.66 bits per heavy atom. The molecule has 1 N–H and O–H groups in total. The average molecular weight is 390 g/mol. The highest BCUT2D eigenvalue weighted by atomic mass is 16.1. The molecule has 2 aromatic carbocycles. The minimum Gasteiger partial charge on any atom is -0.359 e. The molecule has 1 saturated heterocycles. The number of piperidine rings is 1. The molecule has 0 unspecified atom stereocenters. The van der Waals surface area contributed by atoms with Crippen LogP contribution < -0.4 is 5.32 Å². The predicted octanol–water partition coefficient (Wildman–Crippen LogP) is 4.12. The second-order valence-corrected chi connectivity index (χ2v) is 8.22. The second kappa shape index (κ2) is 8.83. The minimum absolute atomic E-state index is 0.0596. The van der Waals surface area contributed by atoms with Crippen molar-refractivity contribution in [2.45, 2.75) is 38.6 Å². The highest BCUT2D eigenvalue weighted by molar-refractivity contribution is 5.84. The van der Waals surface area contributed by atoms with Crippen LogP contribution in [0.1, 0.15) is 35.6 Å². The Morgan fingerprint density at radius 2 is 1.90 bits per heavy atom. The number of amides is 1. The molecule has 1 aliphatic heterocycles. The first kappa shape index (κ1) is 19.7. The highest BCUT2D eigenvalue weighted by Crippen LogP contribution is 2.28. The third-order valence-corrected chi connectivity index (χ3v) is 6.34. The van der Waals surface area contributed by atoms with Gasteiger partial charge in [-0.3, -0.25) is 4.79 Å². The Labute approximate surface area is 173 Å². The average Bonchev–Trinajstić information content (AvgIpc) is 3.17. The van der Waals surface area contributed by atoms with Gasteiger partial charge in [0.1, 0.15) is 0 Å². The van der Waals surface area contributed by atoms with Gasteiger partial charge in [-0.1, -0.05) is 36.4 Å². The Balaban J connectivity index is 1.39. The van der Waals surface area contributed by atoms with Crippen LogP contribution in [0.25, 0.3) is 10.9 Å². The van der Waals surface area contributed by atoms with Crippen LogP contribution in [0.4, 0.5) is 0 Å². The van der Waals surface area contributed by atoms with Crippen LogP contribution in [-0.4, -0.2) is 42.1 Å². The number of aryl methyl sites for hydroxylation is 1. The van der Waals surface area contributed by atoms with E-state index in [0.29, 0.717) is 12.5 Å². The van der Waals surface area contributed by atoms with Crippen molar-refractivity contribution in [1.82, 2.24) is 14.8 Å². The largest absolute Gasteiger partial charge is 0.359 e. The molecule has 0 saturated carbocycles. The number of carbonyl (C=O) groups excluding carboxylic acids is 1. The minimum atomic E-state index is 0.0596.